The lowest BCUT2D eigenvalue weighted by Crippen LogP contribution is -2.44. The van der Waals surface area contributed by atoms with Gasteiger partial charge in [0.05, 0.1) is 47.8 Å². The van der Waals surface area contributed by atoms with Crippen molar-refractivity contribution in [3.63, 3.8) is 0 Å². The Balaban J connectivity index is 1.35. The Hall–Kier alpha value is -3.47. The van der Waals surface area contributed by atoms with Crippen LogP contribution < -0.4 is 0 Å². The summed E-state index contributed by atoms with van der Waals surface area (Å²) in [5, 5.41) is 9.25. The molecule has 1 saturated carbocycles. The molecule has 2 atom stereocenters. The third kappa shape index (κ3) is 3.79. The smallest absolute Gasteiger partial charge is 0.410 e. The number of hydrogen-bond acceptors (Lipinski definition) is 5. The van der Waals surface area contributed by atoms with Crippen molar-refractivity contribution in [2.45, 2.75) is 51.3 Å². The first-order valence-electron chi connectivity index (χ1n) is 10.8. The van der Waals surface area contributed by atoms with Gasteiger partial charge in [-0.1, -0.05) is 6.92 Å². The number of imidazole rings is 1. The zero-order valence-electron chi connectivity index (χ0n) is 17.9. The van der Waals surface area contributed by atoms with Crippen LogP contribution in [0.5, 0.6) is 0 Å². The van der Waals surface area contributed by atoms with E-state index in [1.807, 2.05) is 18.5 Å². The predicted octanol–water partition coefficient (Wildman–Crippen LogP) is 4.41. The van der Waals surface area contributed by atoms with Gasteiger partial charge in [0.15, 0.2) is 0 Å². The quantitative estimate of drug-likeness (QED) is 0.608. The van der Waals surface area contributed by atoms with Crippen molar-refractivity contribution < 1.29 is 13.9 Å². The van der Waals surface area contributed by atoms with E-state index in [1.54, 1.807) is 11.0 Å². The maximum atomic E-state index is 13.5. The average molecular weight is 433 g/mol. The molecule has 2 fully saturated rings. The lowest BCUT2D eigenvalue weighted by Gasteiger charge is -2.43. The number of halogens is 1. The summed E-state index contributed by atoms with van der Waals surface area (Å²) >= 11 is 0. The van der Waals surface area contributed by atoms with Gasteiger partial charge in [-0.05, 0) is 61.4 Å². The summed E-state index contributed by atoms with van der Waals surface area (Å²) in [4.78, 5) is 22.9. The average Bonchev–Trinajstić information content (AvgIpc) is 3.27. The second-order valence-electron chi connectivity index (χ2n) is 9.40. The summed E-state index contributed by atoms with van der Waals surface area (Å²) in [5.41, 5.74) is 2.27. The molecule has 2 aromatic heterocycles. The molecule has 0 bridgehead atoms. The van der Waals surface area contributed by atoms with Crippen LogP contribution in [-0.2, 0) is 17.8 Å². The molecule has 1 aromatic carbocycles. The van der Waals surface area contributed by atoms with Crippen molar-refractivity contribution in [2.75, 3.05) is 6.54 Å². The van der Waals surface area contributed by atoms with Gasteiger partial charge in [-0.15, -0.1) is 0 Å². The van der Waals surface area contributed by atoms with Crippen molar-refractivity contribution in [1.29, 1.82) is 5.26 Å². The second kappa shape index (κ2) is 7.59. The van der Waals surface area contributed by atoms with Gasteiger partial charge in [-0.25, -0.2) is 14.2 Å². The Morgan fingerprint density at radius 3 is 2.94 bits per heavy atom. The fraction of sp³-hybridized carbons (Fsp3) is 0.417. The van der Waals surface area contributed by atoms with Crippen molar-refractivity contribution in [3.05, 3.63) is 59.9 Å². The van der Waals surface area contributed by atoms with Gasteiger partial charge < -0.3 is 9.30 Å². The van der Waals surface area contributed by atoms with Crippen LogP contribution in [0.3, 0.4) is 0 Å². The summed E-state index contributed by atoms with van der Waals surface area (Å²) in [7, 11) is 0. The van der Waals surface area contributed by atoms with E-state index < -0.39 is 5.60 Å². The van der Waals surface area contributed by atoms with E-state index in [0.717, 1.165) is 43.3 Å². The van der Waals surface area contributed by atoms with E-state index in [1.165, 1.54) is 18.3 Å². The molecular formula is C24H24FN5O2. The number of fused-ring (bicyclic) bond motifs is 1. The maximum Gasteiger partial charge on any atom is 0.410 e. The van der Waals surface area contributed by atoms with Crippen molar-refractivity contribution in [3.8, 4) is 6.07 Å². The molecule has 1 aliphatic heterocycles. The zero-order chi connectivity index (χ0) is 22.3. The molecule has 1 saturated heterocycles. The zero-order valence-corrected chi connectivity index (χ0v) is 17.9. The molecule has 3 aromatic rings. The van der Waals surface area contributed by atoms with Gasteiger partial charge in [0.1, 0.15) is 11.4 Å². The molecule has 0 unspecified atom stereocenters. The molecule has 1 spiro atoms. The van der Waals surface area contributed by atoms with Gasteiger partial charge in [0.25, 0.3) is 0 Å². The van der Waals surface area contributed by atoms with Crippen LogP contribution in [0.4, 0.5) is 9.18 Å². The minimum Gasteiger partial charge on any atom is -0.441 e. The Morgan fingerprint density at radius 2 is 2.12 bits per heavy atom. The molecule has 3 heterocycles. The fourth-order valence-corrected chi connectivity index (χ4v) is 5.36. The normalized spacial score (nSPS) is 25.3. The number of rotatable bonds is 4. The molecule has 1 amide bonds. The summed E-state index contributed by atoms with van der Waals surface area (Å²) in [5.74, 6) is -0.366. The predicted molar refractivity (Wildman–Crippen MR) is 115 cm³/mol. The van der Waals surface area contributed by atoms with E-state index in [-0.39, 0.29) is 23.9 Å². The van der Waals surface area contributed by atoms with E-state index >= 15 is 0 Å². The van der Waals surface area contributed by atoms with Crippen molar-refractivity contribution in [1.82, 2.24) is 19.4 Å². The number of benzene rings is 1. The first kappa shape index (κ1) is 20.4. The largest absolute Gasteiger partial charge is 0.441 e. The molecular weight excluding hydrogens is 409 g/mol. The van der Waals surface area contributed by atoms with Crippen LogP contribution in [0.25, 0.3) is 11.0 Å². The lowest BCUT2D eigenvalue weighted by atomic mass is 9.68. The molecule has 164 valence electrons. The van der Waals surface area contributed by atoms with Crippen LogP contribution in [0.15, 0.2) is 42.9 Å². The van der Waals surface area contributed by atoms with E-state index in [4.69, 9.17) is 4.74 Å². The van der Waals surface area contributed by atoms with Gasteiger partial charge in [-0.3, -0.25) is 9.88 Å². The topological polar surface area (TPSA) is 84.0 Å². The molecule has 8 heteroatoms. The van der Waals surface area contributed by atoms with Crippen molar-refractivity contribution in [2.24, 2.45) is 5.41 Å². The van der Waals surface area contributed by atoms with Gasteiger partial charge in [0, 0.05) is 12.7 Å². The second-order valence-corrected chi connectivity index (χ2v) is 9.40. The summed E-state index contributed by atoms with van der Waals surface area (Å²) < 4.78 is 21.6. The number of nitriles is 1. The Kier molecular flexibility index (Phi) is 4.85. The van der Waals surface area contributed by atoms with Crippen LogP contribution in [0, 0.1) is 22.6 Å². The number of nitrogens with zero attached hydrogens (tertiary/aromatic N) is 5. The highest BCUT2D eigenvalue weighted by Gasteiger charge is 2.51. The van der Waals surface area contributed by atoms with E-state index in [9.17, 15) is 14.4 Å². The summed E-state index contributed by atoms with van der Waals surface area (Å²) in [6.45, 7) is 3.66. The van der Waals surface area contributed by atoms with Gasteiger partial charge >= 0.3 is 6.09 Å². The minimum atomic E-state index is -0.550. The standard InChI is InChI=1S/C24H24FN5O2/c1-23(14-30-16-28-20-4-3-17(11-26)9-21(20)30)6-2-7-24(13-23)15-29(22(31)32-24)12-19-10-18(25)5-8-27-19/h3-5,8-10,16H,2,6-7,12-15H2,1H3/t23-,24+/m0/s1. The highest BCUT2D eigenvalue weighted by molar-refractivity contribution is 5.77. The Labute approximate surface area is 185 Å². The summed E-state index contributed by atoms with van der Waals surface area (Å²) in [6.07, 6.45) is 6.36. The number of aromatic nitrogens is 3. The minimum absolute atomic E-state index is 0.0953. The lowest BCUT2D eigenvalue weighted by molar-refractivity contribution is -0.0270. The first-order chi connectivity index (χ1) is 15.4. The number of carbonyl (C=O) groups is 1. The molecule has 32 heavy (non-hydrogen) atoms. The number of carbonyl (C=O) groups excluding carboxylic acids is 1. The molecule has 0 N–H and O–H groups in total. The molecule has 5 rings (SSSR count). The van der Waals surface area contributed by atoms with Crippen molar-refractivity contribution >= 4 is 17.1 Å². The molecule has 0 radical (unpaired) electrons. The highest BCUT2D eigenvalue weighted by atomic mass is 19.1. The highest BCUT2D eigenvalue weighted by Crippen LogP contribution is 2.47. The third-order valence-corrected chi connectivity index (χ3v) is 6.64. The number of ether oxygens (including phenoxy) is 1. The maximum absolute atomic E-state index is 13.5. The molecule has 7 nitrogen and oxygen atoms in total. The SMILES string of the molecule is C[C@]1(Cn2cnc3ccc(C#N)cc32)CCC[C@]2(CN(Cc3cc(F)ccn3)C(=O)O2)C1. The van der Waals surface area contributed by atoms with Gasteiger partial charge in [0.2, 0.25) is 0 Å². The number of amides is 1. The van der Waals surface area contributed by atoms with E-state index in [0.29, 0.717) is 17.8 Å². The Bertz CT molecular complexity index is 1230. The van der Waals surface area contributed by atoms with Gasteiger partial charge in [-0.2, -0.15) is 5.26 Å². The first-order valence-corrected chi connectivity index (χ1v) is 10.8. The fourth-order valence-electron chi connectivity index (χ4n) is 5.36. The third-order valence-electron chi connectivity index (χ3n) is 6.64. The van der Waals surface area contributed by atoms with Crippen LogP contribution in [0.1, 0.15) is 43.9 Å². The van der Waals surface area contributed by atoms with Crippen LogP contribution in [0.2, 0.25) is 0 Å². The molecule has 1 aliphatic carbocycles. The van der Waals surface area contributed by atoms with Crippen LogP contribution in [-0.4, -0.2) is 37.7 Å². The van der Waals surface area contributed by atoms with E-state index in [2.05, 4.69) is 27.5 Å². The summed E-state index contributed by atoms with van der Waals surface area (Å²) in [6, 6.07) is 10.3. The van der Waals surface area contributed by atoms with Crippen LogP contribution >= 0.6 is 0 Å². The number of hydrogen-bond donors (Lipinski definition) is 0. The number of pyridine rings is 1. The molecule has 2 aliphatic rings. The Morgan fingerprint density at radius 1 is 1.25 bits per heavy atom. The monoisotopic (exact) mass is 433 g/mol.